The molecule has 0 aliphatic carbocycles. The number of hydrogen-bond acceptors (Lipinski definition) is 3. The Morgan fingerprint density at radius 2 is 1.71 bits per heavy atom. The Labute approximate surface area is 97.2 Å². The zero-order valence-corrected chi connectivity index (χ0v) is 8.92. The van der Waals surface area contributed by atoms with Gasteiger partial charge in [-0.25, -0.2) is 0 Å². The van der Waals surface area contributed by atoms with Gasteiger partial charge in [0.05, 0.1) is 16.9 Å². The lowest BCUT2D eigenvalue weighted by atomic mass is 10.1. The molecule has 5 heteroatoms. The van der Waals surface area contributed by atoms with Gasteiger partial charge in [-0.1, -0.05) is 30.3 Å². The molecular weight excluding hydrogens is 220 g/mol. The predicted molar refractivity (Wildman–Crippen MR) is 63.6 cm³/mol. The maximum Gasteiger partial charge on any atom is 0.277 e. The fourth-order valence-corrected chi connectivity index (χ4v) is 1.40. The van der Waals surface area contributed by atoms with Crippen LogP contribution >= 0.6 is 0 Å². The number of nitro benzene ring substituents is 1. The van der Waals surface area contributed by atoms with Crippen molar-refractivity contribution >= 4 is 22.4 Å². The molecule has 5 nitrogen and oxygen atoms in total. The van der Waals surface area contributed by atoms with Gasteiger partial charge in [0.2, 0.25) is 5.91 Å². The number of nitrogens with one attached hydrogen (secondary N) is 1. The van der Waals surface area contributed by atoms with Crippen molar-refractivity contribution < 1.29 is 9.72 Å². The highest BCUT2D eigenvalue weighted by atomic mass is 16.6. The molecule has 2 aromatic carbocycles. The summed E-state index contributed by atoms with van der Waals surface area (Å²) < 4.78 is 0. The van der Waals surface area contributed by atoms with E-state index in [1.54, 1.807) is 18.2 Å². The first-order valence-corrected chi connectivity index (χ1v) is 5.07. The molecule has 1 heterocycles. The van der Waals surface area contributed by atoms with Gasteiger partial charge in [-0.15, -0.1) is 0 Å². The molecule has 0 spiro atoms. The van der Waals surface area contributed by atoms with Gasteiger partial charge in [0, 0.05) is 6.07 Å². The standard InChI is InChI=1S/C10H7NO2.C2H3NO/c12-11(13)10-7-3-5-8-4-1-2-6-9(8)10;4-2-1-3-2/h1-7H;1H2,(H,3,4). The number of non-ortho nitro benzene ring substituents is 1. The monoisotopic (exact) mass is 230 g/mol. The summed E-state index contributed by atoms with van der Waals surface area (Å²) in [5.41, 5.74) is 0.165. The average molecular weight is 230 g/mol. The maximum atomic E-state index is 10.6. The molecule has 0 unspecified atom stereocenters. The lowest BCUT2D eigenvalue weighted by Crippen LogP contribution is -1.88. The lowest BCUT2D eigenvalue weighted by molar-refractivity contribution is -0.383. The topological polar surface area (TPSA) is 82.2 Å². The van der Waals surface area contributed by atoms with Crippen LogP contribution in [-0.4, -0.2) is 17.4 Å². The van der Waals surface area contributed by atoms with Crippen LogP contribution in [0.5, 0.6) is 0 Å². The Morgan fingerprint density at radius 3 is 2.29 bits per heavy atom. The molecule has 1 fully saturated rings. The molecule has 1 aliphatic heterocycles. The van der Waals surface area contributed by atoms with Gasteiger partial charge in [-0.05, 0) is 11.5 Å². The summed E-state index contributed by atoms with van der Waals surface area (Å²) in [6.07, 6.45) is 0. The second-order valence-electron chi connectivity index (χ2n) is 3.53. The number of carbonyl (C=O) groups excluding carboxylic acids is 1. The second kappa shape index (κ2) is 4.61. The van der Waals surface area contributed by atoms with Gasteiger partial charge in [0.25, 0.3) is 5.69 Å². The molecule has 0 bridgehead atoms. The SMILES string of the molecule is O=C1CN1.O=[N+]([O-])c1cccc2ccccc12. The number of nitro groups is 1. The Hall–Kier alpha value is -2.43. The lowest BCUT2D eigenvalue weighted by Gasteiger charge is -1.97. The summed E-state index contributed by atoms with van der Waals surface area (Å²) in [5.74, 6) is 0.167. The first-order valence-electron chi connectivity index (χ1n) is 5.07. The predicted octanol–water partition coefficient (Wildman–Crippen LogP) is 1.86. The molecular formula is C12H10N2O3. The number of rotatable bonds is 1. The van der Waals surface area contributed by atoms with E-state index in [0.717, 1.165) is 5.39 Å². The molecule has 0 saturated carbocycles. The van der Waals surface area contributed by atoms with Gasteiger partial charge in [-0.2, -0.15) is 0 Å². The smallest absolute Gasteiger partial charge is 0.277 e. The fraction of sp³-hybridized carbons (Fsp3) is 0.0833. The molecule has 1 aliphatic rings. The maximum absolute atomic E-state index is 10.6. The van der Waals surface area contributed by atoms with E-state index in [4.69, 9.17) is 0 Å². The van der Waals surface area contributed by atoms with Crippen LogP contribution in [0, 0.1) is 10.1 Å². The molecule has 0 aromatic heterocycles. The molecule has 17 heavy (non-hydrogen) atoms. The van der Waals surface area contributed by atoms with Crippen molar-refractivity contribution in [3.05, 3.63) is 52.6 Å². The zero-order valence-electron chi connectivity index (χ0n) is 8.92. The van der Waals surface area contributed by atoms with E-state index in [1.807, 2.05) is 18.2 Å². The van der Waals surface area contributed by atoms with Crippen molar-refractivity contribution in [1.82, 2.24) is 5.32 Å². The van der Waals surface area contributed by atoms with Crippen LogP contribution in [0.3, 0.4) is 0 Å². The van der Waals surface area contributed by atoms with Crippen LogP contribution in [0.25, 0.3) is 10.8 Å². The van der Waals surface area contributed by atoms with E-state index in [-0.39, 0.29) is 16.5 Å². The van der Waals surface area contributed by atoms with E-state index in [2.05, 4.69) is 5.32 Å². The van der Waals surface area contributed by atoms with Crippen molar-refractivity contribution in [3.8, 4) is 0 Å². The van der Waals surface area contributed by atoms with Crippen molar-refractivity contribution in [2.45, 2.75) is 0 Å². The summed E-state index contributed by atoms with van der Waals surface area (Å²) in [7, 11) is 0. The molecule has 1 saturated heterocycles. The fourth-order valence-electron chi connectivity index (χ4n) is 1.40. The highest BCUT2D eigenvalue weighted by Gasteiger charge is 2.10. The highest BCUT2D eigenvalue weighted by Crippen LogP contribution is 2.24. The van der Waals surface area contributed by atoms with Crippen molar-refractivity contribution in [2.24, 2.45) is 0 Å². The third-order valence-corrected chi connectivity index (χ3v) is 2.28. The first-order chi connectivity index (χ1) is 8.18. The highest BCUT2D eigenvalue weighted by molar-refractivity contribution is 5.92. The Bertz CT molecular complexity index is 569. The minimum Gasteiger partial charge on any atom is -0.346 e. The van der Waals surface area contributed by atoms with Crippen LogP contribution in [0.4, 0.5) is 5.69 Å². The molecule has 1 amide bonds. The van der Waals surface area contributed by atoms with Crippen molar-refractivity contribution in [3.63, 3.8) is 0 Å². The summed E-state index contributed by atoms with van der Waals surface area (Å²) in [6.45, 7) is 0.597. The molecule has 1 N–H and O–H groups in total. The molecule has 0 atom stereocenters. The van der Waals surface area contributed by atoms with E-state index < -0.39 is 0 Å². The van der Waals surface area contributed by atoms with Crippen molar-refractivity contribution in [1.29, 1.82) is 0 Å². The summed E-state index contributed by atoms with van der Waals surface area (Å²) in [6, 6.07) is 12.4. The van der Waals surface area contributed by atoms with Gasteiger partial charge in [0.1, 0.15) is 0 Å². The Balaban J connectivity index is 0.000000228. The average Bonchev–Trinajstić information content (AvgIpc) is 3.11. The quantitative estimate of drug-likeness (QED) is 0.461. The van der Waals surface area contributed by atoms with Gasteiger partial charge >= 0.3 is 0 Å². The van der Waals surface area contributed by atoms with Crippen LogP contribution in [0.15, 0.2) is 42.5 Å². The van der Waals surface area contributed by atoms with Gasteiger partial charge in [0.15, 0.2) is 0 Å². The third kappa shape index (κ3) is 2.78. The van der Waals surface area contributed by atoms with Crippen LogP contribution in [0.1, 0.15) is 0 Å². The number of hydrogen-bond donors (Lipinski definition) is 1. The normalized spacial score (nSPS) is 12.4. The summed E-state index contributed by atoms with van der Waals surface area (Å²) >= 11 is 0. The number of fused-ring (bicyclic) bond motifs is 1. The molecule has 3 rings (SSSR count). The first kappa shape index (κ1) is 11.1. The molecule has 0 radical (unpaired) electrons. The second-order valence-corrected chi connectivity index (χ2v) is 3.53. The number of amides is 1. The largest absolute Gasteiger partial charge is 0.346 e. The summed E-state index contributed by atoms with van der Waals surface area (Å²) in [5, 5.41) is 14.7. The van der Waals surface area contributed by atoms with E-state index in [9.17, 15) is 14.9 Å². The number of nitrogens with zero attached hydrogens (tertiary/aromatic N) is 1. The third-order valence-electron chi connectivity index (χ3n) is 2.28. The Kier molecular flexibility index (Phi) is 3.00. The number of benzene rings is 2. The van der Waals surface area contributed by atoms with Gasteiger partial charge in [-0.3, -0.25) is 14.9 Å². The van der Waals surface area contributed by atoms with E-state index >= 15 is 0 Å². The number of carbonyl (C=O) groups is 1. The minimum absolute atomic E-state index is 0.165. The Morgan fingerprint density at radius 1 is 1.12 bits per heavy atom. The minimum atomic E-state index is -0.359. The zero-order chi connectivity index (χ0) is 12.3. The molecule has 86 valence electrons. The van der Waals surface area contributed by atoms with Crippen LogP contribution < -0.4 is 5.32 Å². The summed E-state index contributed by atoms with van der Waals surface area (Å²) in [4.78, 5) is 19.7. The van der Waals surface area contributed by atoms with E-state index in [1.165, 1.54) is 6.07 Å². The van der Waals surface area contributed by atoms with Gasteiger partial charge < -0.3 is 5.32 Å². The van der Waals surface area contributed by atoms with Crippen LogP contribution in [0.2, 0.25) is 0 Å². The van der Waals surface area contributed by atoms with Crippen LogP contribution in [-0.2, 0) is 4.79 Å². The van der Waals surface area contributed by atoms with E-state index in [0.29, 0.717) is 11.9 Å². The molecule has 2 aromatic rings. The van der Waals surface area contributed by atoms with Crippen molar-refractivity contribution in [2.75, 3.05) is 6.54 Å².